The highest BCUT2D eigenvalue weighted by Crippen LogP contribution is 2.24. The minimum Gasteiger partial charge on any atom is -0.326 e. The Hall–Kier alpha value is -3.45. The van der Waals surface area contributed by atoms with Gasteiger partial charge in [-0.15, -0.1) is 11.3 Å². The summed E-state index contributed by atoms with van der Waals surface area (Å²) in [5.74, 6) is -0.114. The number of benzene rings is 2. The number of nitrogens with zero attached hydrogens (tertiary/aromatic N) is 2. The molecule has 31 heavy (non-hydrogen) atoms. The van der Waals surface area contributed by atoms with Crippen molar-refractivity contribution in [3.63, 3.8) is 0 Å². The predicted molar refractivity (Wildman–Crippen MR) is 125 cm³/mol. The van der Waals surface area contributed by atoms with E-state index in [0.29, 0.717) is 17.1 Å². The Morgan fingerprint density at radius 3 is 2.58 bits per heavy atom. The van der Waals surface area contributed by atoms with E-state index in [9.17, 15) is 9.59 Å². The Morgan fingerprint density at radius 2 is 1.84 bits per heavy atom. The topological polar surface area (TPSA) is 79.8 Å². The monoisotopic (exact) mass is 432 g/mol. The highest BCUT2D eigenvalue weighted by atomic mass is 32.1. The lowest BCUT2D eigenvalue weighted by molar-refractivity contribution is -0.116. The highest BCUT2D eigenvalue weighted by molar-refractivity contribution is 7.12. The number of aryl methyl sites for hydroxylation is 3. The van der Waals surface area contributed by atoms with Gasteiger partial charge in [0.2, 0.25) is 11.0 Å². The van der Waals surface area contributed by atoms with Gasteiger partial charge in [0.1, 0.15) is 0 Å². The van der Waals surface area contributed by atoms with Crippen molar-refractivity contribution in [2.45, 2.75) is 33.6 Å². The second-order valence-electron chi connectivity index (χ2n) is 7.60. The molecule has 6 nitrogen and oxygen atoms in total. The third-order valence-corrected chi connectivity index (χ3v) is 6.07. The summed E-state index contributed by atoms with van der Waals surface area (Å²) >= 11 is 1.41. The fraction of sp³-hybridized carbons (Fsp3) is 0.208. The second-order valence-corrected chi connectivity index (χ2v) is 8.44. The molecule has 0 saturated carbocycles. The van der Waals surface area contributed by atoms with E-state index in [2.05, 4.69) is 15.4 Å². The molecule has 0 spiro atoms. The number of aromatic amines is 1. The SMILES string of the molecule is Cc1ccc(-c2csc(-n3[nH]c(C)c(CCC(=O)Nc4ccccc4C)c3=O)n2)cc1. The van der Waals surface area contributed by atoms with Crippen molar-refractivity contribution >= 4 is 22.9 Å². The van der Waals surface area contributed by atoms with E-state index < -0.39 is 0 Å². The van der Waals surface area contributed by atoms with Gasteiger partial charge >= 0.3 is 0 Å². The Kier molecular flexibility index (Phi) is 5.86. The first-order chi connectivity index (χ1) is 14.9. The van der Waals surface area contributed by atoms with Crippen molar-refractivity contribution in [2.24, 2.45) is 0 Å². The van der Waals surface area contributed by atoms with Crippen molar-refractivity contribution in [2.75, 3.05) is 5.32 Å². The van der Waals surface area contributed by atoms with Crippen LogP contribution in [-0.4, -0.2) is 20.7 Å². The number of para-hydroxylation sites is 1. The molecule has 0 bridgehead atoms. The molecule has 0 fully saturated rings. The van der Waals surface area contributed by atoms with Crippen LogP contribution >= 0.6 is 11.3 Å². The van der Waals surface area contributed by atoms with Gasteiger partial charge in [-0.3, -0.25) is 14.7 Å². The van der Waals surface area contributed by atoms with Gasteiger partial charge in [-0.2, -0.15) is 4.68 Å². The average Bonchev–Trinajstić information content (AvgIpc) is 3.34. The Bertz CT molecular complexity index is 1280. The summed E-state index contributed by atoms with van der Waals surface area (Å²) in [5.41, 5.74) is 6.02. The van der Waals surface area contributed by atoms with E-state index in [1.54, 1.807) is 0 Å². The highest BCUT2D eigenvalue weighted by Gasteiger charge is 2.16. The maximum Gasteiger partial charge on any atom is 0.276 e. The molecule has 0 aliphatic carbocycles. The molecule has 1 amide bonds. The maximum atomic E-state index is 13.0. The molecule has 2 aromatic heterocycles. The number of nitrogens with one attached hydrogen (secondary N) is 2. The molecule has 4 rings (SSSR count). The number of anilines is 1. The Balaban J connectivity index is 1.49. The number of thiazole rings is 1. The first-order valence-electron chi connectivity index (χ1n) is 10.1. The van der Waals surface area contributed by atoms with Gasteiger partial charge in [0.05, 0.1) is 5.69 Å². The van der Waals surface area contributed by atoms with E-state index in [-0.39, 0.29) is 17.9 Å². The summed E-state index contributed by atoms with van der Waals surface area (Å²) in [5, 5.41) is 8.55. The standard InChI is InChI=1S/C24H24N4O2S/c1-15-8-10-18(11-9-15)21-14-31-24(26-21)28-23(30)19(17(3)27-28)12-13-22(29)25-20-7-5-4-6-16(20)2/h4-11,14,27H,12-13H2,1-3H3,(H,25,29). The fourth-order valence-corrected chi connectivity index (χ4v) is 4.19. The first-order valence-corrected chi connectivity index (χ1v) is 11.0. The molecule has 158 valence electrons. The summed E-state index contributed by atoms with van der Waals surface area (Å²) in [4.78, 5) is 30.0. The van der Waals surface area contributed by atoms with Crippen LogP contribution in [-0.2, 0) is 11.2 Å². The fourth-order valence-electron chi connectivity index (χ4n) is 3.40. The Labute approximate surface area is 184 Å². The largest absolute Gasteiger partial charge is 0.326 e. The van der Waals surface area contributed by atoms with Crippen LogP contribution < -0.4 is 10.9 Å². The molecule has 0 radical (unpaired) electrons. The van der Waals surface area contributed by atoms with Crippen LogP contribution in [0.2, 0.25) is 0 Å². The van der Waals surface area contributed by atoms with Crippen LogP contribution in [0.1, 0.15) is 28.8 Å². The minimum atomic E-state index is -0.161. The van der Waals surface area contributed by atoms with Crippen LogP contribution in [0.15, 0.2) is 58.7 Å². The summed E-state index contributed by atoms with van der Waals surface area (Å²) in [6.07, 6.45) is 0.594. The van der Waals surface area contributed by atoms with Gasteiger partial charge in [0.15, 0.2) is 0 Å². The van der Waals surface area contributed by atoms with Crippen molar-refractivity contribution in [1.82, 2.24) is 14.8 Å². The van der Waals surface area contributed by atoms with Crippen molar-refractivity contribution in [1.29, 1.82) is 0 Å². The Morgan fingerprint density at radius 1 is 1.10 bits per heavy atom. The quantitative estimate of drug-likeness (QED) is 0.460. The van der Waals surface area contributed by atoms with Crippen LogP contribution in [0, 0.1) is 20.8 Å². The zero-order valence-corrected chi connectivity index (χ0v) is 18.5. The summed E-state index contributed by atoms with van der Waals surface area (Å²) in [7, 11) is 0. The lowest BCUT2D eigenvalue weighted by Crippen LogP contribution is -2.19. The molecule has 0 aliphatic heterocycles. The van der Waals surface area contributed by atoms with Gasteiger partial charge in [-0.25, -0.2) is 4.98 Å². The van der Waals surface area contributed by atoms with Gasteiger partial charge in [-0.05, 0) is 38.8 Å². The van der Waals surface area contributed by atoms with E-state index in [1.165, 1.54) is 21.6 Å². The molecule has 2 N–H and O–H groups in total. The predicted octanol–water partition coefficient (Wildman–Crippen LogP) is 4.79. The number of hydrogen-bond donors (Lipinski definition) is 2. The molecule has 4 aromatic rings. The molecule has 7 heteroatoms. The number of aromatic nitrogens is 3. The number of carbonyl (C=O) groups is 1. The zero-order chi connectivity index (χ0) is 22.0. The first kappa shape index (κ1) is 20.8. The van der Waals surface area contributed by atoms with Crippen molar-refractivity contribution in [3.05, 3.63) is 86.6 Å². The molecular formula is C24H24N4O2S. The number of H-pyrrole nitrogens is 1. The van der Waals surface area contributed by atoms with Crippen LogP contribution in [0.4, 0.5) is 5.69 Å². The minimum absolute atomic E-state index is 0.114. The number of hydrogen-bond acceptors (Lipinski definition) is 4. The van der Waals surface area contributed by atoms with E-state index >= 15 is 0 Å². The molecule has 0 atom stereocenters. The molecule has 2 heterocycles. The third kappa shape index (κ3) is 4.51. The average molecular weight is 433 g/mol. The zero-order valence-electron chi connectivity index (χ0n) is 17.7. The molecule has 0 aliphatic rings. The summed E-state index contributed by atoms with van der Waals surface area (Å²) < 4.78 is 1.46. The second kappa shape index (κ2) is 8.73. The lowest BCUT2D eigenvalue weighted by Gasteiger charge is -2.07. The van der Waals surface area contributed by atoms with Crippen LogP contribution in [0.3, 0.4) is 0 Å². The van der Waals surface area contributed by atoms with E-state index in [1.807, 2.05) is 74.7 Å². The van der Waals surface area contributed by atoms with Crippen molar-refractivity contribution < 1.29 is 4.79 Å². The van der Waals surface area contributed by atoms with Gasteiger partial charge in [-0.1, -0.05) is 48.0 Å². The molecule has 0 saturated heterocycles. The number of rotatable bonds is 6. The summed E-state index contributed by atoms with van der Waals surface area (Å²) in [6, 6.07) is 15.8. The van der Waals surface area contributed by atoms with Crippen LogP contribution in [0.5, 0.6) is 0 Å². The van der Waals surface area contributed by atoms with Gasteiger partial charge in [0.25, 0.3) is 5.56 Å². The third-order valence-electron chi connectivity index (χ3n) is 5.25. The van der Waals surface area contributed by atoms with Gasteiger partial charge < -0.3 is 5.32 Å². The molecule has 2 aromatic carbocycles. The lowest BCUT2D eigenvalue weighted by atomic mass is 10.1. The maximum absolute atomic E-state index is 13.0. The van der Waals surface area contributed by atoms with E-state index in [4.69, 9.17) is 0 Å². The van der Waals surface area contributed by atoms with Gasteiger partial charge in [0, 0.05) is 34.3 Å². The number of amides is 1. The summed E-state index contributed by atoms with van der Waals surface area (Å²) in [6.45, 7) is 5.84. The normalized spacial score (nSPS) is 10.9. The van der Waals surface area contributed by atoms with Crippen LogP contribution in [0.25, 0.3) is 16.4 Å². The molecular weight excluding hydrogens is 408 g/mol. The van der Waals surface area contributed by atoms with E-state index in [0.717, 1.165) is 28.2 Å². The molecule has 0 unspecified atom stereocenters. The smallest absolute Gasteiger partial charge is 0.276 e. The van der Waals surface area contributed by atoms with Crippen molar-refractivity contribution in [3.8, 4) is 16.4 Å². The number of carbonyl (C=O) groups excluding carboxylic acids is 1.